The minimum Gasteiger partial charge on any atom is -0.394 e. The van der Waals surface area contributed by atoms with Gasteiger partial charge in [-0.15, -0.1) is 0 Å². The molecule has 0 saturated heterocycles. The van der Waals surface area contributed by atoms with Gasteiger partial charge in [-0.25, -0.2) is 0 Å². The van der Waals surface area contributed by atoms with Crippen LogP contribution in [0.15, 0.2) is 94.9 Å². The van der Waals surface area contributed by atoms with E-state index in [1.807, 2.05) is 60.7 Å². The average molecular weight is 433 g/mol. The molecule has 166 valence electrons. The molecule has 0 aromatic heterocycles. The van der Waals surface area contributed by atoms with Crippen LogP contribution < -0.4 is 0 Å². The van der Waals surface area contributed by atoms with Crippen molar-refractivity contribution in [2.24, 2.45) is 9.98 Å². The van der Waals surface area contributed by atoms with Gasteiger partial charge in [0.15, 0.2) is 0 Å². The summed E-state index contributed by atoms with van der Waals surface area (Å²) >= 11 is 0. The lowest BCUT2D eigenvalue weighted by Gasteiger charge is -2.17. The van der Waals surface area contributed by atoms with Gasteiger partial charge in [0.25, 0.3) is 0 Å². The number of hydrogen-bond acceptors (Lipinski definition) is 6. The third kappa shape index (κ3) is 6.42. The van der Waals surface area contributed by atoms with E-state index >= 15 is 0 Å². The molecule has 0 saturated carbocycles. The van der Waals surface area contributed by atoms with Crippen molar-refractivity contribution in [1.82, 2.24) is 0 Å². The lowest BCUT2D eigenvalue weighted by Crippen LogP contribution is -2.21. The summed E-state index contributed by atoms with van der Waals surface area (Å²) in [5.74, 6) is 0. The highest BCUT2D eigenvalue weighted by atomic mass is 16.3. The topological polar surface area (TPSA) is 106 Å². The molecule has 3 aromatic carbocycles. The minimum atomic E-state index is -0.893. The monoisotopic (exact) mass is 432 g/mol. The molecule has 3 aromatic rings. The number of nitrogens with zero attached hydrogens (tertiary/aromatic N) is 2. The van der Waals surface area contributed by atoms with Crippen LogP contribution in [0.4, 0.5) is 0 Å². The number of benzene rings is 3. The van der Waals surface area contributed by atoms with Crippen LogP contribution in [0.1, 0.15) is 34.5 Å². The highest BCUT2D eigenvalue weighted by Crippen LogP contribution is 2.20. The molecule has 0 unspecified atom stereocenters. The summed E-state index contributed by atoms with van der Waals surface area (Å²) in [5.41, 5.74) is 3.02. The van der Waals surface area contributed by atoms with Gasteiger partial charge in [-0.05, 0) is 22.3 Å². The molecule has 4 atom stereocenters. The zero-order chi connectivity index (χ0) is 22.8. The average Bonchev–Trinajstić information content (AvgIpc) is 2.86. The second-order valence-corrected chi connectivity index (χ2v) is 7.43. The van der Waals surface area contributed by atoms with E-state index in [-0.39, 0.29) is 13.2 Å². The molecule has 0 aliphatic rings. The maximum absolute atomic E-state index is 10.4. The highest BCUT2D eigenvalue weighted by Gasteiger charge is 2.19. The summed E-state index contributed by atoms with van der Waals surface area (Å²) in [6.45, 7) is -0.548. The van der Waals surface area contributed by atoms with Crippen LogP contribution in [0.25, 0.3) is 0 Å². The molecule has 0 radical (unpaired) electrons. The lowest BCUT2D eigenvalue weighted by atomic mass is 10.0. The van der Waals surface area contributed by atoms with Crippen molar-refractivity contribution in [1.29, 1.82) is 0 Å². The molecule has 0 aliphatic carbocycles. The Balaban J connectivity index is 1.63. The largest absolute Gasteiger partial charge is 0.394 e. The summed E-state index contributed by atoms with van der Waals surface area (Å²) in [6.07, 6.45) is 1.44. The Bertz CT molecular complexity index is 909. The Morgan fingerprint density at radius 1 is 0.562 bits per heavy atom. The van der Waals surface area contributed by atoms with Gasteiger partial charge in [-0.2, -0.15) is 0 Å². The zero-order valence-corrected chi connectivity index (χ0v) is 17.6. The molecule has 0 amide bonds. The predicted molar refractivity (Wildman–Crippen MR) is 126 cm³/mol. The molecule has 4 N–H and O–H groups in total. The van der Waals surface area contributed by atoms with E-state index in [9.17, 15) is 20.4 Å². The molecule has 0 heterocycles. The van der Waals surface area contributed by atoms with Crippen molar-refractivity contribution in [3.8, 4) is 0 Å². The summed E-state index contributed by atoms with van der Waals surface area (Å²) in [7, 11) is 0. The van der Waals surface area contributed by atoms with Crippen LogP contribution in [0.3, 0.4) is 0 Å². The number of aliphatic hydroxyl groups excluding tert-OH is 4. The van der Waals surface area contributed by atoms with E-state index < -0.39 is 24.3 Å². The first-order valence-corrected chi connectivity index (χ1v) is 10.5. The fourth-order valence-corrected chi connectivity index (χ4v) is 3.23. The third-order valence-electron chi connectivity index (χ3n) is 5.15. The fraction of sp³-hybridized carbons (Fsp3) is 0.231. The van der Waals surface area contributed by atoms with Gasteiger partial charge < -0.3 is 20.4 Å². The number of aliphatic imine (C=N–C) groups is 2. The first-order chi connectivity index (χ1) is 15.6. The van der Waals surface area contributed by atoms with E-state index in [1.54, 1.807) is 36.7 Å². The molecule has 0 fully saturated rings. The number of hydrogen-bond donors (Lipinski definition) is 4. The Morgan fingerprint density at radius 2 is 0.906 bits per heavy atom. The van der Waals surface area contributed by atoms with Gasteiger partial charge in [0.2, 0.25) is 0 Å². The van der Waals surface area contributed by atoms with Crippen molar-refractivity contribution in [3.05, 3.63) is 107 Å². The third-order valence-corrected chi connectivity index (χ3v) is 5.15. The van der Waals surface area contributed by atoms with Crippen molar-refractivity contribution < 1.29 is 20.4 Å². The van der Waals surface area contributed by atoms with Gasteiger partial charge in [-0.1, -0.05) is 84.9 Å². The van der Waals surface area contributed by atoms with E-state index in [2.05, 4.69) is 9.98 Å². The van der Waals surface area contributed by atoms with E-state index in [1.165, 1.54) is 0 Å². The molecular formula is C26H28N2O4. The Labute approximate surface area is 187 Å². The van der Waals surface area contributed by atoms with E-state index in [0.29, 0.717) is 11.1 Å². The fourth-order valence-electron chi connectivity index (χ4n) is 3.23. The van der Waals surface area contributed by atoms with Crippen LogP contribution in [0.2, 0.25) is 0 Å². The maximum Gasteiger partial charge on any atom is 0.104 e. The molecule has 32 heavy (non-hydrogen) atoms. The van der Waals surface area contributed by atoms with Gasteiger partial charge in [0.05, 0.1) is 13.2 Å². The molecule has 0 bridgehead atoms. The van der Waals surface area contributed by atoms with Crippen LogP contribution in [-0.2, 0) is 0 Å². The Kier molecular flexibility index (Phi) is 8.83. The lowest BCUT2D eigenvalue weighted by molar-refractivity contribution is 0.110. The van der Waals surface area contributed by atoms with Crippen molar-refractivity contribution >= 4 is 12.4 Å². The number of rotatable bonds is 10. The molecular weight excluding hydrogens is 404 g/mol. The maximum atomic E-state index is 10.4. The standard InChI is InChI=1S/C26H28N2O4/c29-17-23(25(31)21-7-3-1-4-8-21)27-15-19-11-13-20(14-12-19)16-28-24(18-30)26(32)22-9-5-2-6-10-22/h1-16,23-26,29-32H,17-18H2/t23-,24-,25-,26-/m0/s1. The molecule has 0 spiro atoms. The molecule has 0 aliphatic heterocycles. The summed E-state index contributed by atoms with van der Waals surface area (Å²) in [4.78, 5) is 8.68. The smallest absolute Gasteiger partial charge is 0.104 e. The van der Waals surface area contributed by atoms with Crippen molar-refractivity contribution in [2.75, 3.05) is 13.2 Å². The SMILES string of the molecule is OC[C@H](N=Cc1ccc(C=N[C@@H](CO)[C@@H](O)c2ccccc2)cc1)[C@@H](O)c1ccccc1. The molecule has 6 heteroatoms. The quantitative estimate of drug-likeness (QED) is 0.370. The number of aliphatic hydroxyl groups is 4. The van der Waals surface area contributed by atoms with E-state index in [0.717, 1.165) is 11.1 Å². The second kappa shape index (κ2) is 12.0. The zero-order valence-electron chi connectivity index (χ0n) is 17.6. The summed E-state index contributed by atoms with van der Waals surface area (Å²) < 4.78 is 0. The van der Waals surface area contributed by atoms with Crippen LogP contribution >= 0.6 is 0 Å². The normalized spacial score (nSPS) is 15.6. The van der Waals surface area contributed by atoms with Crippen molar-refractivity contribution in [3.63, 3.8) is 0 Å². The van der Waals surface area contributed by atoms with Gasteiger partial charge in [-0.3, -0.25) is 9.98 Å². The molecule has 6 nitrogen and oxygen atoms in total. The van der Waals surface area contributed by atoms with Crippen LogP contribution in [0, 0.1) is 0 Å². The highest BCUT2D eigenvalue weighted by molar-refractivity contribution is 5.84. The first kappa shape index (κ1) is 23.5. The predicted octanol–water partition coefficient (Wildman–Crippen LogP) is 2.71. The summed E-state index contributed by atoms with van der Waals surface area (Å²) in [6, 6.07) is 24.3. The second-order valence-electron chi connectivity index (χ2n) is 7.43. The Morgan fingerprint density at radius 3 is 1.22 bits per heavy atom. The minimum absolute atomic E-state index is 0.274. The van der Waals surface area contributed by atoms with Crippen molar-refractivity contribution in [2.45, 2.75) is 24.3 Å². The summed E-state index contributed by atoms with van der Waals surface area (Å²) in [5, 5.41) is 40.1. The first-order valence-electron chi connectivity index (χ1n) is 10.5. The van der Waals surface area contributed by atoms with E-state index in [4.69, 9.17) is 0 Å². The van der Waals surface area contributed by atoms with Gasteiger partial charge >= 0.3 is 0 Å². The van der Waals surface area contributed by atoms with Gasteiger partial charge in [0, 0.05) is 12.4 Å². The van der Waals surface area contributed by atoms with Gasteiger partial charge in [0.1, 0.15) is 24.3 Å². The van der Waals surface area contributed by atoms with Crippen LogP contribution in [-0.4, -0.2) is 58.2 Å². The van der Waals surface area contributed by atoms with Crippen LogP contribution in [0.5, 0.6) is 0 Å². The Hall–Kier alpha value is -3.16. The molecule has 3 rings (SSSR count).